The van der Waals surface area contributed by atoms with E-state index in [1.807, 2.05) is 11.8 Å². The summed E-state index contributed by atoms with van der Waals surface area (Å²) in [5, 5.41) is 7.04. The molecule has 0 amide bonds. The lowest BCUT2D eigenvalue weighted by Crippen LogP contribution is -2.30. The van der Waals surface area contributed by atoms with Crippen LogP contribution in [0.2, 0.25) is 5.02 Å². The molecule has 0 saturated heterocycles. The summed E-state index contributed by atoms with van der Waals surface area (Å²) in [5.74, 6) is 1.43. The summed E-state index contributed by atoms with van der Waals surface area (Å²) in [6, 6.07) is 13.6. The lowest BCUT2D eigenvalue weighted by Gasteiger charge is -2.12. The second-order valence-electron chi connectivity index (χ2n) is 5.61. The number of thioether (sulfide) groups is 1. The van der Waals surface area contributed by atoms with E-state index in [9.17, 15) is 4.79 Å². The molecule has 2 aromatic carbocycles. The Hall–Kier alpha value is -1.76. The van der Waals surface area contributed by atoms with Gasteiger partial charge in [0.05, 0.1) is 17.7 Å². The Morgan fingerprint density at radius 2 is 1.96 bits per heavy atom. The molecule has 0 aliphatic heterocycles. The van der Waals surface area contributed by atoms with Gasteiger partial charge in [0.15, 0.2) is 5.11 Å². The zero-order chi connectivity index (χ0) is 18.9. The zero-order valence-electron chi connectivity index (χ0n) is 14.7. The summed E-state index contributed by atoms with van der Waals surface area (Å²) in [4.78, 5) is 11.7. The van der Waals surface area contributed by atoms with E-state index in [4.69, 9.17) is 28.6 Å². The number of anilines is 1. The number of methoxy groups -OCH3 is 1. The van der Waals surface area contributed by atoms with Crippen molar-refractivity contribution in [3.8, 4) is 0 Å². The molecule has 0 saturated carbocycles. The highest BCUT2D eigenvalue weighted by atomic mass is 35.5. The summed E-state index contributed by atoms with van der Waals surface area (Å²) in [5.41, 5.74) is 3.57. The normalized spacial score (nSPS) is 10.3. The van der Waals surface area contributed by atoms with Crippen LogP contribution in [0.4, 0.5) is 5.69 Å². The molecular weight excluding hydrogens is 388 g/mol. The second kappa shape index (κ2) is 10.4. The summed E-state index contributed by atoms with van der Waals surface area (Å²) < 4.78 is 4.71. The molecule has 7 heteroatoms. The van der Waals surface area contributed by atoms with Crippen molar-refractivity contribution in [2.45, 2.75) is 12.7 Å². The highest BCUT2D eigenvalue weighted by Crippen LogP contribution is 2.21. The number of ether oxygens (including phenoxy) is 1. The summed E-state index contributed by atoms with van der Waals surface area (Å²) in [6.07, 6.45) is 0. The van der Waals surface area contributed by atoms with Crippen LogP contribution in [0.1, 0.15) is 21.5 Å². The quantitative estimate of drug-likeness (QED) is 0.395. The fourth-order valence-corrected chi connectivity index (χ4v) is 3.39. The number of hydrogen-bond acceptors (Lipinski definition) is 4. The van der Waals surface area contributed by atoms with E-state index in [0.29, 0.717) is 21.4 Å². The molecular formula is C19H21ClN2O2S2. The minimum absolute atomic E-state index is 0.302. The predicted octanol–water partition coefficient (Wildman–Crippen LogP) is 4.65. The number of carbonyl (C=O) groups excluding carboxylic acids is 1. The molecule has 0 unspecified atom stereocenters. The smallest absolute Gasteiger partial charge is 0.339 e. The highest BCUT2D eigenvalue weighted by Gasteiger charge is 2.11. The van der Waals surface area contributed by atoms with Gasteiger partial charge >= 0.3 is 5.97 Å². The number of carbonyl (C=O) groups is 1. The van der Waals surface area contributed by atoms with Gasteiger partial charge in [-0.3, -0.25) is 0 Å². The van der Waals surface area contributed by atoms with E-state index in [0.717, 1.165) is 18.1 Å². The molecule has 0 fully saturated rings. The Labute approximate surface area is 168 Å². The van der Waals surface area contributed by atoms with E-state index in [-0.39, 0.29) is 0 Å². The number of aryl methyl sites for hydroxylation is 1. The molecule has 4 nitrogen and oxygen atoms in total. The fraction of sp³-hybridized carbons (Fsp3) is 0.263. The SMILES string of the molecule is COC(=O)c1cc(NC(=S)NCCSCc2ccc(C)cc2)ccc1Cl. The maximum absolute atomic E-state index is 11.7. The second-order valence-corrected chi connectivity index (χ2v) is 7.53. The Morgan fingerprint density at radius 1 is 1.23 bits per heavy atom. The predicted molar refractivity (Wildman–Crippen MR) is 114 cm³/mol. The van der Waals surface area contributed by atoms with Crippen molar-refractivity contribution in [1.82, 2.24) is 5.32 Å². The van der Waals surface area contributed by atoms with Crippen LogP contribution in [0.15, 0.2) is 42.5 Å². The standard InChI is InChI=1S/C19H21ClN2O2S2/c1-13-3-5-14(6-4-13)12-26-10-9-21-19(25)22-15-7-8-17(20)16(11-15)18(23)24-2/h3-8,11H,9-10,12H2,1-2H3,(H2,21,22,25). The van der Waals surface area contributed by atoms with E-state index in [1.165, 1.54) is 18.2 Å². The third-order valence-electron chi connectivity index (χ3n) is 3.55. The van der Waals surface area contributed by atoms with Crippen LogP contribution in [-0.4, -0.2) is 30.5 Å². The average molecular weight is 409 g/mol. The van der Waals surface area contributed by atoms with Crippen molar-refractivity contribution in [2.75, 3.05) is 24.7 Å². The number of thiocarbonyl (C=S) groups is 1. The number of hydrogen-bond donors (Lipinski definition) is 2. The zero-order valence-corrected chi connectivity index (χ0v) is 17.1. The summed E-state index contributed by atoms with van der Waals surface area (Å²) in [7, 11) is 1.32. The van der Waals surface area contributed by atoms with Crippen molar-refractivity contribution in [2.24, 2.45) is 0 Å². The molecule has 0 bridgehead atoms. The van der Waals surface area contributed by atoms with Gasteiger partial charge in [-0.05, 0) is 42.9 Å². The lowest BCUT2D eigenvalue weighted by molar-refractivity contribution is 0.0601. The van der Waals surface area contributed by atoms with Gasteiger partial charge in [-0.2, -0.15) is 11.8 Å². The van der Waals surface area contributed by atoms with Gasteiger partial charge in [0.2, 0.25) is 0 Å². The van der Waals surface area contributed by atoms with Gasteiger partial charge < -0.3 is 15.4 Å². The summed E-state index contributed by atoms with van der Waals surface area (Å²) in [6.45, 7) is 2.84. The Bertz CT molecular complexity index is 767. The van der Waals surface area contributed by atoms with Gasteiger partial charge in [-0.1, -0.05) is 41.4 Å². The van der Waals surface area contributed by atoms with E-state index >= 15 is 0 Å². The minimum atomic E-state index is -0.481. The van der Waals surface area contributed by atoms with Gasteiger partial charge in [-0.25, -0.2) is 4.79 Å². The van der Waals surface area contributed by atoms with Crippen LogP contribution in [0, 0.1) is 6.92 Å². The monoisotopic (exact) mass is 408 g/mol. The van der Waals surface area contributed by atoms with Crippen molar-refractivity contribution in [1.29, 1.82) is 0 Å². The molecule has 0 aliphatic carbocycles. The van der Waals surface area contributed by atoms with Crippen molar-refractivity contribution in [3.63, 3.8) is 0 Å². The molecule has 0 atom stereocenters. The van der Waals surface area contributed by atoms with Crippen LogP contribution in [0.5, 0.6) is 0 Å². The molecule has 0 aliphatic rings. The van der Waals surface area contributed by atoms with E-state index in [2.05, 4.69) is 41.8 Å². The van der Waals surface area contributed by atoms with Crippen LogP contribution in [-0.2, 0) is 10.5 Å². The van der Waals surface area contributed by atoms with Gasteiger partial charge in [0, 0.05) is 23.7 Å². The highest BCUT2D eigenvalue weighted by molar-refractivity contribution is 7.98. The maximum atomic E-state index is 11.7. The van der Waals surface area contributed by atoms with Gasteiger partial charge in [-0.15, -0.1) is 0 Å². The number of esters is 1. The summed E-state index contributed by atoms with van der Waals surface area (Å²) >= 11 is 13.1. The van der Waals surface area contributed by atoms with E-state index < -0.39 is 5.97 Å². The molecule has 0 aromatic heterocycles. The molecule has 2 rings (SSSR count). The first-order valence-corrected chi connectivity index (χ1v) is 9.99. The van der Waals surface area contributed by atoms with Crippen molar-refractivity contribution >= 4 is 52.3 Å². The Kier molecular flexibility index (Phi) is 8.22. The third-order valence-corrected chi connectivity index (χ3v) is 5.16. The Morgan fingerprint density at radius 3 is 2.65 bits per heavy atom. The molecule has 2 N–H and O–H groups in total. The van der Waals surface area contributed by atoms with Crippen LogP contribution < -0.4 is 10.6 Å². The van der Waals surface area contributed by atoms with Crippen molar-refractivity contribution in [3.05, 3.63) is 64.2 Å². The maximum Gasteiger partial charge on any atom is 0.339 e. The molecule has 0 radical (unpaired) electrons. The number of rotatable bonds is 7. The first kappa shape index (κ1) is 20.6. The molecule has 0 spiro atoms. The molecule has 26 heavy (non-hydrogen) atoms. The van der Waals surface area contributed by atoms with Crippen LogP contribution in [0.3, 0.4) is 0 Å². The molecule has 0 heterocycles. The van der Waals surface area contributed by atoms with Gasteiger partial charge in [0.25, 0.3) is 0 Å². The fourth-order valence-electron chi connectivity index (χ4n) is 2.16. The molecule has 2 aromatic rings. The van der Waals surface area contributed by atoms with E-state index in [1.54, 1.807) is 18.2 Å². The lowest BCUT2D eigenvalue weighted by atomic mass is 10.2. The van der Waals surface area contributed by atoms with Crippen molar-refractivity contribution < 1.29 is 9.53 Å². The average Bonchev–Trinajstić information content (AvgIpc) is 2.64. The number of halogens is 1. The topological polar surface area (TPSA) is 50.4 Å². The largest absolute Gasteiger partial charge is 0.465 e. The number of benzene rings is 2. The first-order chi connectivity index (χ1) is 12.5. The third kappa shape index (κ3) is 6.52. The molecule has 138 valence electrons. The number of nitrogens with one attached hydrogen (secondary N) is 2. The first-order valence-electron chi connectivity index (χ1n) is 8.05. The van der Waals surface area contributed by atoms with Crippen LogP contribution >= 0.6 is 35.6 Å². The van der Waals surface area contributed by atoms with Gasteiger partial charge in [0.1, 0.15) is 0 Å². The Balaban J connectivity index is 1.73. The minimum Gasteiger partial charge on any atom is -0.465 e. The van der Waals surface area contributed by atoms with Crippen LogP contribution in [0.25, 0.3) is 0 Å².